The first-order chi connectivity index (χ1) is 11.5. The standard InChI is InChI=1S/C18H19N3O2S/c1-5-8-21-13(4)19-20-18(21)24-10-14-9-16(22)23-17-12(3)11(2)6-7-15(14)17/h5-7,9H,1,8,10H2,2-4H3. The predicted molar refractivity (Wildman–Crippen MR) is 96.5 cm³/mol. The van der Waals surface area contributed by atoms with Crippen LogP contribution in [0.25, 0.3) is 11.0 Å². The van der Waals surface area contributed by atoms with Crippen LogP contribution in [0.5, 0.6) is 0 Å². The van der Waals surface area contributed by atoms with Crippen molar-refractivity contribution in [2.75, 3.05) is 0 Å². The van der Waals surface area contributed by atoms with Crippen LogP contribution in [0.3, 0.4) is 0 Å². The van der Waals surface area contributed by atoms with E-state index in [1.54, 1.807) is 17.8 Å². The number of nitrogens with zero attached hydrogens (tertiary/aromatic N) is 3. The number of allylic oxidation sites excluding steroid dienone is 1. The van der Waals surface area contributed by atoms with Crippen molar-refractivity contribution in [2.24, 2.45) is 0 Å². The van der Waals surface area contributed by atoms with E-state index in [9.17, 15) is 4.79 Å². The van der Waals surface area contributed by atoms with E-state index in [-0.39, 0.29) is 5.63 Å². The molecule has 0 fully saturated rings. The molecule has 0 N–H and O–H groups in total. The fourth-order valence-corrected chi connectivity index (χ4v) is 3.58. The van der Waals surface area contributed by atoms with E-state index in [0.29, 0.717) is 17.9 Å². The van der Waals surface area contributed by atoms with Gasteiger partial charge in [-0.3, -0.25) is 0 Å². The summed E-state index contributed by atoms with van der Waals surface area (Å²) >= 11 is 1.56. The van der Waals surface area contributed by atoms with Gasteiger partial charge in [0.25, 0.3) is 0 Å². The van der Waals surface area contributed by atoms with Gasteiger partial charge in [0, 0.05) is 23.8 Å². The van der Waals surface area contributed by atoms with Crippen LogP contribution in [-0.4, -0.2) is 14.8 Å². The summed E-state index contributed by atoms with van der Waals surface area (Å²) in [6.45, 7) is 10.3. The highest BCUT2D eigenvalue weighted by atomic mass is 32.2. The molecule has 0 atom stereocenters. The lowest BCUT2D eigenvalue weighted by molar-refractivity contribution is 0.557. The Morgan fingerprint density at radius 2 is 2.08 bits per heavy atom. The summed E-state index contributed by atoms with van der Waals surface area (Å²) in [6, 6.07) is 5.62. The molecule has 3 rings (SSSR count). The molecule has 0 aliphatic rings. The highest BCUT2D eigenvalue weighted by molar-refractivity contribution is 7.98. The molecular formula is C18H19N3O2S. The molecule has 0 radical (unpaired) electrons. The van der Waals surface area contributed by atoms with Crippen LogP contribution in [0.1, 0.15) is 22.5 Å². The molecule has 6 heteroatoms. The number of hydrogen-bond donors (Lipinski definition) is 0. The van der Waals surface area contributed by atoms with Gasteiger partial charge in [-0.25, -0.2) is 4.79 Å². The highest BCUT2D eigenvalue weighted by Crippen LogP contribution is 2.28. The van der Waals surface area contributed by atoms with Crippen molar-refractivity contribution in [1.29, 1.82) is 0 Å². The van der Waals surface area contributed by atoms with E-state index in [1.807, 2.05) is 37.5 Å². The summed E-state index contributed by atoms with van der Waals surface area (Å²) in [4.78, 5) is 11.9. The fraction of sp³-hybridized carbons (Fsp3) is 0.278. The van der Waals surface area contributed by atoms with Gasteiger partial charge in [-0.05, 0) is 37.5 Å². The molecule has 5 nitrogen and oxygen atoms in total. The van der Waals surface area contributed by atoms with Crippen molar-refractivity contribution in [2.45, 2.75) is 38.2 Å². The summed E-state index contributed by atoms with van der Waals surface area (Å²) in [5, 5.41) is 10.1. The van der Waals surface area contributed by atoms with E-state index in [1.165, 1.54) is 0 Å². The third kappa shape index (κ3) is 3.01. The SMILES string of the molecule is C=CCn1c(C)nnc1SCc1cc(=O)oc2c(C)c(C)ccc12. The zero-order chi connectivity index (χ0) is 17.3. The van der Waals surface area contributed by atoms with Crippen molar-refractivity contribution in [1.82, 2.24) is 14.8 Å². The van der Waals surface area contributed by atoms with Crippen LogP contribution >= 0.6 is 11.8 Å². The molecule has 0 amide bonds. The van der Waals surface area contributed by atoms with E-state index in [0.717, 1.165) is 33.1 Å². The van der Waals surface area contributed by atoms with Crippen LogP contribution < -0.4 is 5.63 Å². The van der Waals surface area contributed by atoms with Gasteiger partial charge in [-0.15, -0.1) is 16.8 Å². The molecule has 0 spiro atoms. The van der Waals surface area contributed by atoms with Gasteiger partial charge < -0.3 is 8.98 Å². The Bertz CT molecular complexity index is 972. The fourth-order valence-electron chi connectivity index (χ4n) is 2.59. The van der Waals surface area contributed by atoms with Gasteiger partial charge in [0.05, 0.1) is 0 Å². The van der Waals surface area contributed by atoms with Crippen molar-refractivity contribution in [3.63, 3.8) is 0 Å². The normalized spacial score (nSPS) is 11.1. The summed E-state index contributed by atoms with van der Waals surface area (Å²) in [5.74, 6) is 1.47. The monoisotopic (exact) mass is 341 g/mol. The van der Waals surface area contributed by atoms with Crippen LogP contribution in [0.4, 0.5) is 0 Å². The summed E-state index contributed by atoms with van der Waals surface area (Å²) in [5.41, 5.74) is 3.40. The predicted octanol–water partition coefficient (Wildman–Crippen LogP) is 3.79. The highest BCUT2D eigenvalue weighted by Gasteiger charge is 2.13. The largest absolute Gasteiger partial charge is 0.422 e. The number of fused-ring (bicyclic) bond motifs is 1. The molecule has 2 heterocycles. The number of hydrogen-bond acceptors (Lipinski definition) is 5. The number of aromatic nitrogens is 3. The molecule has 3 aromatic rings. The Balaban J connectivity index is 1.98. The average molecular weight is 341 g/mol. The first kappa shape index (κ1) is 16.5. The quantitative estimate of drug-likeness (QED) is 0.401. The molecule has 0 unspecified atom stereocenters. The molecule has 0 saturated carbocycles. The second kappa shape index (κ2) is 6.65. The first-order valence-electron chi connectivity index (χ1n) is 7.67. The van der Waals surface area contributed by atoms with Crippen molar-refractivity contribution >= 4 is 22.7 Å². The first-order valence-corrected chi connectivity index (χ1v) is 8.66. The summed E-state index contributed by atoms with van der Waals surface area (Å²) in [7, 11) is 0. The lowest BCUT2D eigenvalue weighted by Crippen LogP contribution is -2.03. The Kier molecular flexibility index (Phi) is 4.57. The maximum Gasteiger partial charge on any atom is 0.336 e. The van der Waals surface area contributed by atoms with Crippen LogP contribution in [0, 0.1) is 20.8 Å². The molecule has 0 saturated heterocycles. The Morgan fingerprint density at radius 1 is 1.29 bits per heavy atom. The van der Waals surface area contributed by atoms with E-state index in [2.05, 4.69) is 22.8 Å². The van der Waals surface area contributed by atoms with Gasteiger partial charge in [0.15, 0.2) is 5.16 Å². The molecule has 124 valence electrons. The Labute approximate surface area is 144 Å². The molecule has 0 aliphatic heterocycles. The molecule has 0 bridgehead atoms. The van der Waals surface area contributed by atoms with E-state index in [4.69, 9.17) is 4.42 Å². The number of benzene rings is 1. The second-order valence-corrected chi connectivity index (χ2v) is 6.64. The van der Waals surface area contributed by atoms with Crippen LogP contribution in [0.15, 0.2) is 45.2 Å². The van der Waals surface area contributed by atoms with Gasteiger partial charge in [0.2, 0.25) is 0 Å². The molecule has 1 aromatic carbocycles. The van der Waals surface area contributed by atoms with Gasteiger partial charge in [-0.1, -0.05) is 30.0 Å². The lowest BCUT2D eigenvalue weighted by atomic mass is 10.0. The third-order valence-corrected chi connectivity index (χ3v) is 5.10. The number of thioether (sulfide) groups is 1. The Morgan fingerprint density at radius 3 is 2.83 bits per heavy atom. The maximum absolute atomic E-state index is 11.9. The molecule has 2 aromatic heterocycles. The van der Waals surface area contributed by atoms with E-state index < -0.39 is 0 Å². The van der Waals surface area contributed by atoms with Crippen LogP contribution in [0.2, 0.25) is 0 Å². The molecule has 0 aliphatic carbocycles. The van der Waals surface area contributed by atoms with Crippen molar-refractivity contribution in [3.05, 3.63) is 63.8 Å². The minimum absolute atomic E-state index is 0.324. The summed E-state index contributed by atoms with van der Waals surface area (Å²) < 4.78 is 7.42. The Hall–Kier alpha value is -2.34. The zero-order valence-corrected chi connectivity index (χ0v) is 14.8. The van der Waals surface area contributed by atoms with Crippen LogP contribution in [-0.2, 0) is 12.3 Å². The van der Waals surface area contributed by atoms with E-state index >= 15 is 0 Å². The minimum atomic E-state index is -0.324. The van der Waals surface area contributed by atoms with Gasteiger partial charge in [-0.2, -0.15) is 0 Å². The van der Waals surface area contributed by atoms with Crippen molar-refractivity contribution in [3.8, 4) is 0 Å². The summed E-state index contributed by atoms with van der Waals surface area (Å²) in [6.07, 6.45) is 1.82. The average Bonchev–Trinajstić information content (AvgIpc) is 2.90. The van der Waals surface area contributed by atoms with Gasteiger partial charge >= 0.3 is 5.63 Å². The van der Waals surface area contributed by atoms with Gasteiger partial charge in [0.1, 0.15) is 11.4 Å². The van der Waals surface area contributed by atoms with Crippen molar-refractivity contribution < 1.29 is 4.42 Å². The molecular weight excluding hydrogens is 322 g/mol. The minimum Gasteiger partial charge on any atom is -0.422 e. The topological polar surface area (TPSA) is 60.9 Å². The smallest absolute Gasteiger partial charge is 0.336 e. The third-order valence-electron chi connectivity index (χ3n) is 4.09. The lowest BCUT2D eigenvalue weighted by Gasteiger charge is -2.09. The second-order valence-electron chi connectivity index (χ2n) is 5.69. The maximum atomic E-state index is 11.9. The zero-order valence-electron chi connectivity index (χ0n) is 14.0. The number of rotatable bonds is 5. The molecule has 24 heavy (non-hydrogen) atoms. The number of aryl methyl sites for hydroxylation is 3.